The highest BCUT2D eigenvalue weighted by molar-refractivity contribution is 14.2. The van der Waals surface area contributed by atoms with Crippen LogP contribution >= 0.6 is 20.7 Å². The van der Waals surface area contributed by atoms with Crippen molar-refractivity contribution in [2.24, 2.45) is 7.05 Å². The zero-order chi connectivity index (χ0) is 21.3. The maximum atomic E-state index is 12.5. The minimum absolute atomic E-state index is 0.0788. The van der Waals surface area contributed by atoms with Crippen LogP contribution in [0.3, 0.4) is 0 Å². The molecular formula is C21H21IN2O6. The quantitative estimate of drug-likeness (QED) is 0.448. The second-order valence-electron chi connectivity index (χ2n) is 7.10. The lowest BCUT2D eigenvalue weighted by Crippen LogP contribution is -2.48. The number of nitrogens with zero attached hydrogens (tertiary/aromatic N) is 2. The Morgan fingerprint density at radius 2 is 1.93 bits per heavy atom. The van der Waals surface area contributed by atoms with E-state index in [9.17, 15) is 14.4 Å². The van der Waals surface area contributed by atoms with Crippen LogP contribution < -0.4 is 0 Å². The lowest BCUT2D eigenvalue weighted by atomic mass is 10.1. The van der Waals surface area contributed by atoms with Gasteiger partial charge in [0.25, 0.3) is 5.79 Å². The fourth-order valence-electron chi connectivity index (χ4n) is 3.59. The van der Waals surface area contributed by atoms with Crippen LogP contribution in [0.5, 0.6) is 0 Å². The van der Waals surface area contributed by atoms with E-state index in [-0.39, 0.29) is 10.1 Å². The third kappa shape index (κ3) is 4.03. The third-order valence-electron chi connectivity index (χ3n) is 4.91. The van der Waals surface area contributed by atoms with Gasteiger partial charge in [0.2, 0.25) is 0 Å². The molecule has 0 bridgehead atoms. The molecule has 2 aliphatic rings. The first kappa shape index (κ1) is 20.7. The normalized spacial score (nSPS) is 17.7. The second kappa shape index (κ2) is 8.29. The largest absolute Gasteiger partial charge is 0.462 e. The summed E-state index contributed by atoms with van der Waals surface area (Å²) >= 11 is -1.13. The predicted molar refractivity (Wildman–Crippen MR) is 116 cm³/mol. The highest BCUT2D eigenvalue weighted by Gasteiger charge is 2.48. The summed E-state index contributed by atoms with van der Waals surface area (Å²) in [4.78, 5) is 37.3. The van der Waals surface area contributed by atoms with Gasteiger partial charge in [0.15, 0.2) is 3.51 Å². The van der Waals surface area contributed by atoms with E-state index in [2.05, 4.69) is 5.10 Å². The number of carbonyl (C=O) groups excluding carboxylic acids is 3. The Bertz CT molecular complexity index is 1030. The van der Waals surface area contributed by atoms with Gasteiger partial charge in [0.1, 0.15) is 11.3 Å². The van der Waals surface area contributed by atoms with E-state index in [1.54, 1.807) is 24.9 Å². The number of benzene rings is 1. The molecule has 1 aliphatic heterocycles. The van der Waals surface area contributed by atoms with Crippen molar-refractivity contribution in [1.82, 2.24) is 9.78 Å². The Hall–Kier alpha value is -2.56. The molecule has 9 heteroatoms. The first-order valence-electron chi connectivity index (χ1n) is 9.70. The Balaban J connectivity index is 1.64. The number of aryl methyl sites for hydroxylation is 1. The maximum absolute atomic E-state index is 12.5. The van der Waals surface area contributed by atoms with Crippen LogP contribution in [0.2, 0.25) is 0 Å². The number of aromatic nitrogens is 2. The summed E-state index contributed by atoms with van der Waals surface area (Å²) in [6.45, 7) is 2.01. The summed E-state index contributed by atoms with van der Waals surface area (Å²) in [6, 6.07) is 7.32. The molecule has 0 atom stereocenters. The average molecular weight is 524 g/mol. The number of ether oxygens (including phenoxy) is 3. The van der Waals surface area contributed by atoms with E-state index in [0.29, 0.717) is 29.7 Å². The molecule has 158 valence electrons. The molecule has 30 heavy (non-hydrogen) atoms. The highest BCUT2D eigenvalue weighted by Crippen LogP contribution is 2.38. The van der Waals surface area contributed by atoms with E-state index < -0.39 is 44.4 Å². The van der Waals surface area contributed by atoms with Crippen molar-refractivity contribution < 1.29 is 28.6 Å². The van der Waals surface area contributed by atoms with Crippen molar-refractivity contribution in [1.29, 1.82) is 0 Å². The number of carbonyl (C=O) groups is 3. The average Bonchev–Trinajstić information content (AvgIpc) is 3.32. The molecule has 1 spiro atoms. The molecule has 1 aromatic carbocycles. The fourth-order valence-corrected chi connectivity index (χ4v) is 5.75. The molecular weight excluding hydrogens is 503 g/mol. The van der Waals surface area contributed by atoms with Gasteiger partial charge in [-0.2, -0.15) is 5.10 Å². The van der Waals surface area contributed by atoms with Crippen LogP contribution in [-0.2, 0) is 30.8 Å². The van der Waals surface area contributed by atoms with Gasteiger partial charge in [-0.25, -0.2) is 14.4 Å². The molecule has 2 fully saturated rings. The number of hydrogen-bond donors (Lipinski definition) is 0. The van der Waals surface area contributed by atoms with Crippen LogP contribution in [0.1, 0.15) is 43.0 Å². The molecule has 1 saturated heterocycles. The zero-order valence-electron chi connectivity index (χ0n) is 16.6. The number of esters is 3. The first-order chi connectivity index (χ1) is 14.4. The van der Waals surface area contributed by atoms with Crippen molar-refractivity contribution >= 4 is 42.1 Å². The summed E-state index contributed by atoms with van der Waals surface area (Å²) in [7, 11) is 1.73. The molecule has 4 rings (SSSR count). The van der Waals surface area contributed by atoms with E-state index in [1.807, 2.05) is 24.3 Å². The third-order valence-corrected chi connectivity index (χ3v) is 7.62. The number of hydrogen-bond acceptors (Lipinski definition) is 7. The predicted octanol–water partition coefficient (Wildman–Crippen LogP) is 2.95. The van der Waals surface area contributed by atoms with Gasteiger partial charge in [0, 0.05) is 35.2 Å². The number of rotatable bonds is 4. The van der Waals surface area contributed by atoms with Gasteiger partial charge in [-0.15, -0.1) is 0 Å². The van der Waals surface area contributed by atoms with Crippen LogP contribution in [0.25, 0.3) is 11.3 Å². The summed E-state index contributed by atoms with van der Waals surface area (Å²) in [5.41, 5.74) is 1.56. The summed E-state index contributed by atoms with van der Waals surface area (Å²) in [5, 5.41) is 4.39. The SMILES string of the molecule is CCOC(=O)c1cn(C)nc1-c1cccc(I=C2C(=O)OC3(CCCC3)OC2=O)c1. The highest BCUT2D eigenvalue weighted by atomic mass is 127. The van der Waals surface area contributed by atoms with Crippen molar-refractivity contribution in [3.05, 3.63) is 39.6 Å². The molecule has 1 aromatic heterocycles. The summed E-state index contributed by atoms with van der Waals surface area (Å²) in [5.74, 6) is -2.66. The molecule has 2 heterocycles. The van der Waals surface area contributed by atoms with Gasteiger partial charge < -0.3 is 14.2 Å². The minimum Gasteiger partial charge on any atom is -0.462 e. The van der Waals surface area contributed by atoms with Crippen molar-refractivity contribution in [2.45, 2.75) is 38.4 Å². The topological polar surface area (TPSA) is 96.7 Å². The standard InChI is InChI=1S/C21H21IN2O6/c1-3-28-18(25)15-12-24(2)23-17(15)13-7-6-8-14(11-13)22-16-19(26)29-21(30-20(16)27)9-4-5-10-21/h6-8,11-12H,3-5,9-10H2,1-2H3. The van der Waals surface area contributed by atoms with Gasteiger partial charge in [-0.1, -0.05) is 32.9 Å². The fraction of sp³-hybridized carbons (Fsp3) is 0.381. The zero-order valence-corrected chi connectivity index (χ0v) is 18.8. The van der Waals surface area contributed by atoms with Gasteiger partial charge in [-0.3, -0.25) is 4.68 Å². The van der Waals surface area contributed by atoms with E-state index in [4.69, 9.17) is 14.2 Å². The van der Waals surface area contributed by atoms with Crippen LogP contribution in [0, 0.1) is 3.57 Å². The molecule has 0 amide bonds. The molecule has 8 nitrogen and oxygen atoms in total. The summed E-state index contributed by atoms with van der Waals surface area (Å²) in [6.07, 6.45) is 4.48. The van der Waals surface area contributed by atoms with Crippen LogP contribution in [0.15, 0.2) is 30.5 Å². The minimum atomic E-state index is -1.13. The Morgan fingerprint density at radius 3 is 2.60 bits per heavy atom. The summed E-state index contributed by atoms with van der Waals surface area (Å²) < 4.78 is 18.6. The Morgan fingerprint density at radius 1 is 1.23 bits per heavy atom. The molecule has 2 aromatic rings. The van der Waals surface area contributed by atoms with Crippen LogP contribution in [0.4, 0.5) is 0 Å². The van der Waals surface area contributed by atoms with Crippen LogP contribution in [-0.4, -0.2) is 43.6 Å². The van der Waals surface area contributed by atoms with Gasteiger partial charge in [0.05, 0.1) is 6.61 Å². The first-order valence-corrected chi connectivity index (χ1v) is 11.9. The maximum Gasteiger partial charge on any atom is 0.354 e. The molecule has 0 N–H and O–H groups in total. The van der Waals surface area contributed by atoms with E-state index in [0.717, 1.165) is 16.4 Å². The van der Waals surface area contributed by atoms with Gasteiger partial charge >= 0.3 is 17.9 Å². The lowest BCUT2D eigenvalue weighted by molar-refractivity contribution is -0.224. The smallest absolute Gasteiger partial charge is 0.354 e. The second-order valence-corrected chi connectivity index (χ2v) is 9.96. The van der Waals surface area contributed by atoms with E-state index in [1.165, 1.54) is 0 Å². The van der Waals surface area contributed by atoms with Crippen molar-refractivity contribution in [2.75, 3.05) is 6.61 Å². The molecule has 1 aliphatic carbocycles. The van der Waals surface area contributed by atoms with Crippen molar-refractivity contribution in [3.63, 3.8) is 0 Å². The monoisotopic (exact) mass is 524 g/mol. The molecule has 0 unspecified atom stereocenters. The molecule has 1 saturated carbocycles. The van der Waals surface area contributed by atoms with Gasteiger partial charge in [-0.05, 0) is 31.9 Å². The Kier molecular flexibility index (Phi) is 5.72. The Labute approximate surface area is 183 Å². The number of halogens is 1. The lowest BCUT2D eigenvalue weighted by Gasteiger charge is -2.32. The molecule has 0 radical (unpaired) electrons. The van der Waals surface area contributed by atoms with E-state index >= 15 is 0 Å². The van der Waals surface area contributed by atoms with Crippen molar-refractivity contribution in [3.8, 4) is 11.3 Å².